The highest BCUT2D eigenvalue weighted by molar-refractivity contribution is 5.87. The molecule has 0 amide bonds. The van der Waals surface area contributed by atoms with E-state index < -0.39 is 17.5 Å². The molecule has 26 heavy (non-hydrogen) atoms. The molecule has 0 aromatic heterocycles. The Morgan fingerprint density at radius 1 is 0.769 bits per heavy atom. The number of rotatable bonds is 13. The summed E-state index contributed by atoms with van der Waals surface area (Å²) in [4.78, 5) is 23.8. The van der Waals surface area contributed by atoms with Gasteiger partial charge >= 0.3 is 11.9 Å². The summed E-state index contributed by atoms with van der Waals surface area (Å²) in [6, 6.07) is 0. The zero-order chi connectivity index (χ0) is 20.4. The van der Waals surface area contributed by atoms with Gasteiger partial charge in [-0.1, -0.05) is 47.3 Å². The minimum absolute atomic E-state index is 0.00410. The molecule has 5 nitrogen and oxygen atoms in total. The van der Waals surface area contributed by atoms with Crippen molar-refractivity contribution >= 4 is 11.9 Å². The summed E-state index contributed by atoms with van der Waals surface area (Å²) in [6.45, 7) is 18.6. The number of ether oxygens (including phenoxy) is 3. The van der Waals surface area contributed by atoms with Crippen molar-refractivity contribution in [2.45, 2.75) is 84.8 Å². The first-order valence-corrected chi connectivity index (χ1v) is 9.46. The molecule has 0 bridgehead atoms. The lowest BCUT2D eigenvalue weighted by Gasteiger charge is -2.42. The van der Waals surface area contributed by atoms with Crippen molar-refractivity contribution in [2.75, 3.05) is 13.2 Å². The summed E-state index contributed by atoms with van der Waals surface area (Å²) in [5.74, 6) is -0.960. The Morgan fingerprint density at radius 3 is 1.42 bits per heavy atom. The minimum atomic E-state index is -0.905. The van der Waals surface area contributed by atoms with Crippen LogP contribution in [0.4, 0.5) is 0 Å². The van der Waals surface area contributed by atoms with Gasteiger partial charge in [-0.3, -0.25) is 0 Å². The SMILES string of the molecule is C=C(C)C(=O)OCC(CC)(COC(=O)C(=C)C)OC(CC)(CC)CCC. The molecule has 150 valence electrons. The third kappa shape index (κ3) is 7.32. The molecule has 0 radical (unpaired) electrons. The molecule has 0 spiro atoms. The molecule has 0 fully saturated rings. The first-order valence-electron chi connectivity index (χ1n) is 9.46. The monoisotopic (exact) mass is 368 g/mol. The van der Waals surface area contributed by atoms with Crippen molar-refractivity contribution < 1.29 is 23.8 Å². The molecule has 0 rings (SSSR count). The van der Waals surface area contributed by atoms with Crippen molar-refractivity contribution in [2.24, 2.45) is 0 Å². The lowest BCUT2D eigenvalue weighted by molar-refractivity contribution is -0.211. The number of hydrogen-bond acceptors (Lipinski definition) is 5. The lowest BCUT2D eigenvalue weighted by atomic mass is 9.89. The second-order valence-electron chi connectivity index (χ2n) is 6.99. The van der Waals surface area contributed by atoms with Crippen LogP contribution < -0.4 is 0 Å². The smallest absolute Gasteiger partial charge is 0.333 e. The van der Waals surface area contributed by atoms with Gasteiger partial charge in [0, 0.05) is 11.1 Å². The van der Waals surface area contributed by atoms with E-state index in [-0.39, 0.29) is 18.8 Å². The minimum Gasteiger partial charge on any atom is -0.459 e. The van der Waals surface area contributed by atoms with Crippen LogP contribution in [-0.4, -0.2) is 36.4 Å². The average Bonchev–Trinajstić information content (AvgIpc) is 2.62. The van der Waals surface area contributed by atoms with Crippen molar-refractivity contribution in [1.29, 1.82) is 0 Å². The summed E-state index contributed by atoms with van der Waals surface area (Å²) in [5.41, 5.74) is -0.618. The predicted octanol–water partition coefficient (Wildman–Crippen LogP) is 4.75. The van der Waals surface area contributed by atoms with E-state index in [1.807, 2.05) is 6.92 Å². The van der Waals surface area contributed by atoms with Crippen molar-refractivity contribution in [1.82, 2.24) is 0 Å². The highest BCUT2D eigenvalue weighted by Crippen LogP contribution is 2.34. The lowest BCUT2D eigenvalue weighted by Crippen LogP contribution is -2.50. The number of esters is 2. The van der Waals surface area contributed by atoms with E-state index in [0.717, 1.165) is 25.7 Å². The maximum absolute atomic E-state index is 11.9. The fraction of sp³-hybridized carbons (Fsp3) is 0.714. The van der Waals surface area contributed by atoms with Gasteiger partial charge in [0.15, 0.2) is 0 Å². The molecule has 0 saturated carbocycles. The summed E-state index contributed by atoms with van der Waals surface area (Å²) in [7, 11) is 0. The Bertz CT molecular complexity index is 473. The van der Waals surface area contributed by atoms with Gasteiger partial charge in [0.25, 0.3) is 0 Å². The molecule has 0 heterocycles. The molecule has 0 saturated heterocycles. The quantitative estimate of drug-likeness (QED) is 0.347. The standard InChI is InChI=1S/C21H36O5/c1-9-13-20(10-2,11-3)26-21(12-4,14-24-18(22)16(5)6)15-25-19(23)17(7)8/h5,7,9-15H2,1-4,6,8H3. The van der Waals surface area contributed by atoms with E-state index in [2.05, 4.69) is 33.9 Å². The molecule has 0 aliphatic carbocycles. The van der Waals surface area contributed by atoms with Crippen molar-refractivity contribution in [3.63, 3.8) is 0 Å². The Morgan fingerprint density at radius 2 is 1.15 bits per heavy atom. The first kappa shape index (κ1) is 24.4. The van der Waals surface area contributed by atoms with Crippen LogP contribution in [0.3, 0.4) is 0 Å². The normalized spacial score (nSPS) is 11.8. The summed E-state index contributed by atoms with van der Waals surface area (Å²) in [6.07, 6.45) is 4.03. The van der Waals surface area contributed by atoms with E-state index in [4.69, 9.17) is 14.2 Å². The summed E-state index contributed by atoms with van der Waals surface area (Å²) in [5, 5.41) is 0. The largest absolute Gasteiger partial charge is 0.459 e. The highest BCUT2D eigenvalue weighted by Gasteiger charge is 2.41. The van der Waals surface area contributed by atoms with Crippen LogP contribution in [0, 0.1) is 0 Å². The van der Waals surface area contributed by atoms with Gasteiger partial charge in [0.05, 0.1) is 5.60 Å². The van der Waals surface area contributed by atoms with Gasteiger partial charge in [0.2, 0.25) is 0 Å². The van der Waals surface area contributed by atoms with Crippen LogP contribution in [0.2, 0.25) is 0 Å². The van der Waals surface area contributed by atoms with Gasteiger partial charge in [0.1, 0.15) is 18.8 Å². The van der Waals surface area contributed by atoms with Crippen LogP contribution in [0.1, 0.15) is 73.6 Å². The topological polar surface area (TPSA) is 61.8 Å². The van der Waals surface area contributed by atoms with E-state index in [1.165, 1.54) is 0 Å². The number of carbonyl (C=O) groups excluding carboxylic acids is 2. The molecule has 0 aromatic carbocycles. The van der Waals surface area contributed by atoms with Gasteiger partial charge < -0.3 is 14.2 Å². The third-order valence-corrected chi connectivity index (χ3v) is 4.70. The van der Waals surface area contributed by atoms with Gasteiger partial charge in [-0.15, -0.1) is 0 Å². The first-order chi connectivity index (χ1) is 12.1. The Hall–Kier alpha value is -1.62. The molecule has 0 N–H and O–H groups in total. The maximum Gasteiger partial charge on any atom is 0.333 e. The molecule has 5 heteroatoms. The zero-order valence-corrected chi connectivity index (χ0v) is 17.4. The number of carbonyl (C=O) groups is 2. The predicted molar refractivity (Wildman–Crippen MR) is 104 cm³/mol. The van der Waals surface area contributed by atoms with E-state index in [1.54, 1.807) is 13.8 Å². The van der Waals surface area contributed by atoms with Gasteiger partial charge in [-0.25, -0.2) is 9.59 Å². The molecule has 0 aliphatic heterocycles. The molecular weight excluding hydrogens is 332 g/mol. The zero-order valence-electron chi connectivity index (χ0n) is 17.4. The van der Waals surface area contributed by atoms with Gasteiger partial charge in [-0.2, -0.15) is 0 Å². The van der Waals surface area contributed by atoms with Crippen LogP contribution in [0.5, 0.6) is 0 Å². The fourth-order valence-corrected chi connectivity index (χ4v) is 2.73. The van der Waals surface area contributed by atoms with Crippen molar-refractivity contribution in [3.8, 4) is 0 Å². The number of hydrogen-bond donors (Lipinski definition) is 0. The Labute approximate surface area is 158 Å². The second-order valence-corrected chi connectivity index (χ2v) is 6.99. The Balaban J connectivity index is 5.56. The molecule has 0 aliphatic rings. The molecule has 0 aromatic rings. The van der Waals surface area contributed by atoms with Gasteiger partial charge in [-0.05, 0) is 39.5 Å². The van der Waals surface area contributed by atoms with E-state index in [9.17, 15) is 9.59 Å². The van der Waals surface area contributed by atoms with Crippen LogP contribution in [0.25, 0.3) is 0 Å². The molecule has 0 atom stereocenters. The van der Waals surface area contributed by atoms with E-state index >= 15 is 0 Å². The van der Waals surface area contributed by atoms with Crippen LogP contribution in [-0.2, 0) is 23.8 Å². The second kappa shape index (κ2) is 11.2. The maximum atomic E-state index is 11.9. The van der Waals surface area contributed by atoms with Crippen LogP contribution in [0.15, 0.2) is 24.3 Å². The summed E-state index contributed by atoms with van der Waals surface area (Å²) < 4.78 is 17.3. The molecular formula is C21H36O5. The summed E-state index contributed by atoms with van der Waals surface area (Å²) >= 11 is 0. The molecule has 0 unspecified atom stereocenters. The Kier molecular flexibility index (Phi) is 10.5. The fourth-order valence-electron chi connectivity index (χ4n) is 2.73. The average molecular weight is 369 g/mol. The van der Waals surface area contributed by atoms with Crippen molar-refractivity contribution in [3.05, 3.63) is 24.3 Å². The van der Waals surface area contributed by atoms with E-state index in [0.29, 0.717) is 17.6 Å². The third-order valence-electron chi connectivity index (χ3n) is 4.70. The highest BCUT2D eigenvalue weighted by atomic mass is 16.6. The van der Waals surface area contributed by atoms with Crippen LogP contribution >= 0.6 is 0 Å².